The topological polar surface area (TPSA) is 28.2 Å². The number of rotatable bonds is 7. The number of nitrogens with zero attached hydrogens (tertiary/aromatic N) is 2. The summed E-state index contributed by atoms with van der Waals surface area (Å²) in [4.78, 5) is 7.21. The molecule has 118 valence electrons. The first-order chi connectivity index (χ1) is 9.88. The maximum absolute atomic E-state index is 4.85. The minimum absolute atomic E-state index is 0.512. The van der Waals surface area contributed by atoms with Gasteiger partial charge in [0, 0.05) is 36.9 Å². The fraction of sp³-hybridized carbons (Fsp3) is 0.722. The van der Waals surface area contributed by atoms with Crippen molar-refractivity contribution in [2.45, 2.75) is 72.5 Å². The molecule has 0 aromatic carbocycles. The van der Waals surface area contributed by atoms with E-state index in [4.69, 9.17) is 4.98 Å². The number of hydrogen-bond acceptors (Lipinski definition) is 3. The lowest BCUT2D eigenvalue weighted by atomic mass is 10.0. The molecule has 2 rings (SSSR count). The molecule has 1 atom stereocenters. The second kappa shape index (κ2) is 6.78. The third kappa shape index (κ3) is 4.44. The SMILES string of the molecule is Cc1cc(C)c(CNC2CC2)c(N(C)C(C)CC(C)C)n1. The van der Waals surface area contributed by atoms with Crippen LogP contribution in [0.1, 0.15) is 56.9 Å². The first-order valence-electron chi connectivity index (χ1n) is 8.31. The first-order valence-corrected chi connectivity index (χ1v) is 8.31. The molecule has 0 amide bonds. The highest BCUT2D eigenvalue weighted by atomic mass is 15.2. The Bertz CT molecular complexity index is 478. The zero-order valence-corrected chi connectivity index (χ0v) is 14.5. The monoisotopic (exact) mass is 289 g/mol. The molecule has 0 spiro atoms. The second-order valence-corrected chi connectivity index (χ2v) is 7.13. The van der Waals surface area contributed by atoms with Crippen LogP contribution in [-0.2, 0) is 6.54 Å². The molecule has 0 bridgehead atoms. The van der Waals surface area contributed by atoms with E-state index in [0.29, 0.717) is 12.0 Å². The van der Waals surface area contributed by atoms with E-state index in [9.17, 15) is 0 Å². The van der Waals surface area contributed by atoms with Crippen molar-refractivity contribution in [1.29, 1.82) is 0 Å². The highest BCUT2D eigenvalue weighted by molar-refractivity contribution is 5.51. The molecule has 1 N–H and O–H groups in total. The quantitative estimate of drug-likeness (QED) is 0.827. The molecule has 0 radical (unpaired) electrons. The summed E-state index contributed by atoms with van der Waals surface area (Å²) in [6.45, 7) is 12.1. The zero-order chi connectivity index (χ0) is 15.6. The van der Waals surface area contributed by atoms with Gasteiger partial charge in [-0.15, -0.1) is 0 Å². The van der Waals surface area contributed by atoms with Crippen molar-refractivity contribution in [3.8, 4) is 0 Å². The molecule has 1 fully saturated rings. The lowest BCUT2D eigenvalue weighted by molar-refractivity contribution is 0.500. The van der Waals surface area contributed by atoms with Gasteiger partial charge in [0.2, 0.25) is 0 Å². The summed E-state index contributed by atoms with van der Waals surface area (Å²) in [5, 5.41) is 3.64. The lowest BCUT2D eigenvalue weighted by Gasteiger charge is -2.30. The normalized spacial score (nSPS) is 16.3. The van der Waals surface area contributed by atoms with Crippen LogP contribution in [0.5, 0.6) is 0 Å². The van der Waals surface area contributed by atoms with Gasteiger partial charge in [-0.1, -0.05) is 13.8 Å². The van der Waals surface area contributed by atoms with Crippen molar-refractivity contribution in [3.63, 3.8) is 0 Å². The molecule has 1 aromatic rings. The number of pyridine rings is 1. The van der Waals surface area contributed by atoms with E-state index in [-0.39, 0.29) is 0 Å². The molecule has 1 aromatic heterocycles. The predicted molar refractivity (Wildman–Crippen MR) is 90.9 cm³/mol. The number of nitrogens with one attached hydrogen (secondary N) is 1. The van der Waals surface area contributed by atoms with Gasteiger partial charge in [-0.25, -0.2) is 4.98 Å². The molecule has 21 heavy (non-hydrogen) atoms. The van der Waals surface area contributed by atoms with Crippen molar-refractivity contribution >= 4 is 5.82 Å². The third-order valence-electron chi connectivity index (χ3n) is 4.41. The zero-order valence-electron chi connectivity index (χ0n) is 14.5. The smallest absolute Gasteiger partial charge is 0.133 e. The lowest BCUT2D eigenvalue weighted by Crippen LogP contribution is -2.33. The van der Waals surface area contributed by atoms with Gasteiger partial charge in [-0.3, -0.25) is 0 Å². The molecule has 3 nitrogen and oxygen atoms in total. The molecule has 1 aliphatic rings. The van der Waals surface area contributed by atoms with Gasteiger partial charge < -0.3 is 10.2 Å². The van der Waals surface area contributed by atoms with Crippen LogP contribution < -0.4 is 10.2 Å². The fourth-order valence-corrected chi connectivity index (χ4v) is 2.94. The number of hydrogen-bond donors (Lipinski definition) is 1. The van der Waals surface area contributed by atoms with Crippen LogP contribution in [0.4, 0.5) is 5.82 Å². The van der Waals surface area contributed by atoms with Crippen molar-refractivity contribution in [3.05, 3.63) is 22.9 Å². The number of aromatic nitrogens is 1. The van der Waals surface area contributed by atoms with Crippen LogP contribution in [0.25, 0.3) is 0 Å². The number of anilines is 1. The van der Waals surface area contributed by atoms with E-state index in [1.165, 1.54) is 30.4 Å². The summed E-state index contributed by atoms with van der Waals surface area (Å²) in [7, 11) is 2.19. The maximum Gasteiger partial charge on any atom is 0.133 e. The molecule has 3 heteroatoms. The van der Waals surface area contributed by atoms with E-state index in [1.807, 2.05) is 0 Å². The van der Waals surface area contributed by atoms with Crippen molar-refractivity contribution in [2.75, 3.05) is 11.9 Å². The molecular formula is C18H31N3. The Balaban J connectivity index is 2.21. The largest absolute Gasteiger partial charge is 0.357 e. The van der Waals surface area contributed by atoms with Crippen LogP contribution in [-0.4, -0.2) is 24.1 Å². The Labute approximate surface area is 130 Å². The van der Waals surface area contributed by atoms with Crippen molar-refractivity contribution < 1.29 is 0 Å². The summed E-state index contributed by atoms with van der Waals surface area (Å²) < 4.78 is 0. The van der Waals surface area contributed by atoms with Crippen LogP contribution in [0.3, 0.4) is 0 Å². The average Bonchev–Trinajstić information content (AvgIpc) is 3.19. The highest BCUT2D eigenvalue weighted by Gasteiger charge is 2.23. The van der Waals surface area contributed by atoms with Crippen LogP contribution in [0.15, 0.2) is 6.07 Å². The predicted octanol–water partition coefficient (Wildman–Crippen LogP) is 3.82. The molecule has 0 aliphatic heterocycles. The van der Waals surface area contributed by atoms with E-state index in [0.717, 1.165) is 24.1 Å². The van der Waals surface area contributed by atoms with Crippen molar-refractivity contribution in [2.24, 2.45) is 5.92 Å². The Morgan fingerprint density at radius 3 is 2.52 bits per heavy atom. The van der Waals surface area contributed by atoms with Gasteiger partial charge >= 0.3 is 0 Å². The first kappa shape index (κ1) is 16.3. The van der Waals surface area contributed by atoms with Gasteiger partial charge in [-0.05, 0) is 57.6 Å². The van der Waals surface area contributed by atoms with Crippen molar-refractivity contribution in [1.82, 2.24) is 10.3 Å². The second-order valence-electron chi connectivity index (χ2n) is 7.13. The third-order valence-corrected chi connectivity index (χ3v) is 4.41. The average molecular weight is 289 g/mol. The maximum atomic E-state index is 4.85. The Kier molecular flexibility index (Phi) is 5.26. The number of aryl methyl sites for hydroxylation is 2. The Morgan fingerprint density at radius 2 is 1.95 bits per heavy atom. The summed E-state index contributed by atoms with van der Waals surface area (Å²) in [5.74, 6) is 1.87. The molecular weight excluding hydrogens is 258 g/mol. The van der Waals surface area contributed by atoms with Gasteiger partial charge in [0.05, 0.1) is 0 Å². The van der Waals surface area contributed by atoms with Gasteiger partial charge in [0.15, 0.2) is 0 Å². The van der Waals surface area contributed by atoms with Gasteiger partial charge in [0.1, 0.15) is 5.82 Å². The Morgan fingerprint density at radius 1 is 1.29 bits per heavy atom. The van der Waals surface area contributed by atoms with Crippen LogP contribution >= 0.6 is 0 Å². The van der Waals surface area contributed by atoms with E-state index in [1.54, 1.807) is 0 Å². The Hall–Kier alpha value is -1.09. The molecule has 1 aliphatic carbocycles. The molecule has 1 heterocycles. The molecule has 1 unspecified atom stereocenters. The summed E-state index contributed by atoms with van der Waals surface area (Å²) in [6.07, 6.45) is 3.85. The molecule has 0 saturated heterocycles. The standard InChI is InChI=1S/C18H31N3/c1-12(2)9-15(5)21(6)18-17(11-19-16-7-8-16)13(3)10-14(4)20-18/h10,12,15-16,19H,7-9,11H2,1-6H3. The highest BCUT2D eigenvalue weighted by Crippen LogP contribution is 2.27. The molecule has 1 saturated carbocycles. The van der Waals surface area contributed by atoms with Crippen LogP contribution in [0, 0.1) is 19.8 Å². The van der Waals surface area contributed by atoms with E-state index >= 15 is 0 Å². The van der Waals surface area contributed by atoms with Gasteiger partial charge in [0.25, 0.3) is 0 Å². The summed E-state index contributed by atoms with van der Waals surface area (Å²) in [6, 6.07) is 3.45. The van der Waals surface area contributed by atoms with Crippen LogP contribution in [0.2, 0.25) is 0 Å². The minimum Gasteiger partial charge on any atom is -0.357 e. The fourth-order valence-electron chi connectivity index (χ4n) is 2.94. The summed E-state index contributed by atoms with van der Waals surface area (Å²) >= 11 is 0. The van der Waals surface area contributed by atoms with Gasteiger partial charge in [-0.2, -0.15) is 0 Å². The minimum atomic E-state index is 0.512. The van der Waals surface area contributed by atoms with E-state index in [2.05, 4.69) is 57.9 Å². The van der Waals surface area contributed by atoms with E-state index < -0.39 is 0 Å². The summed E-state index contributed by atoms with van der Waals surface area (Å²) in [5.41, 5.74) is 3.83.